The molecule has 30 heavy (non-hydrogen) atoms. The van der Waals surface area contributed by atoms with Gasteiger partial charge in [0.25, 0.3) is 0 Å². The van der Waals surface area contributed by atoms with Crippen LogP contribution in [0.3, 0.4) is 0 Å². The summed E-state index contributed by atoms with van der Waals surface area (Å²) in [5, 5.41) is 14.3. The molecule has 2 aromatic heterocycles. The van der Waals surface area contributed by atoms with Gasteiger partial charge in [-0.1, -0.05) is 30.8 Å². The summed E-state index contributed by atoms with van der Waals surface area (Å²) in [6.45, 7) is 6.15. The van der Waals surface area contributed by atoms with E-state index in [4.69, 9.17) is 10.5 Å². The summed E-state index contributed by atoms with van der Waals surface area (Å²) in [5.74, 6) is 0.635. The highest BCUT2D eigenvalue weighted by Crippen LogP contribution is 2.35. The molecule has 0 aliphatic rings. The number of methoxy groups -OCH3 is 1. The number of fused-ring (bicyclic) bond motifs is 1. The third-order valence-corrected chi connectivity index (χ3v) is 5.14. The van der Waals surface area contributed by atoms with Crippen LogP contribution in [-0.4, -0.2) is 16.7 Å². The van der Waals surface area contributed by atoms with Gasteiger partial charge in [0.05, 0.1) is 18.3 Å². The molecule has 6 heteroatoms. The fourth-order valence-corrected chi connectivity index (χ4v) is 3.60. The van der Waals surface area contributed by atoms with Crippen molar-refractivity contribution >= 4 is 16.9 Å². The average Bonchev–Trinajstić information content (AvgIpc) is 3.10. The molecule has 0 spiro atoms. The molecule has 0 radical (unpaired) electrons. The molecule has 2 aromatic carbocycles. The van der Waals surface area contributed by atoms with E-state index in [-0.39, 0.29) is 11.6 Å². The van der Waals surface area contributed by atoms with E-state index >= 15 is 0 Å². The maximum Gasteiger partial charge on any atom is 0.144 e. The largest absolute Gasteiger partial charge is 0.497 e. The van der Waals surface area contributed by atoms with Gasteiger partial charge in [-0.2, -0.15) is 10.4 Å². The number of aryl methyl sites for hydroxylation is 1. The van der Waals surface area contributed by atoms with Crippen molar-refractivity contribution in [2.75, 3.05) is 12.8 Å². The van der Waals surface area contributed by atoms with Crippen molar-refractivity contribution < 1.29 is 9.13 Å². The van der Waals surface area contributed by atoms with E-state index in [9.17, 15) is 9.65 Å². The Morgan fingerprint density at radius 3 is 2.43 bits per heavy atom. The van der Waals surface area contributed by atoms with Crippen LogP contribution in [0, 0.1) is 24.1 Å². The maximum absolute atomic E-state index is 13.4. The lowest BCUT2D eigenvalue weighted by Crippen LogP contribution is -2.04. The van der Waals surface area contributed by atoms with E-state index in [1.54, 1.807) is 23.8 Å². The highest BCUT2D eigenvalue weighted by molar-refractivity contribution is 5.91. The minimum Gasteiger partial charge on any atom is -0.497 e. The molecular formula is C24H19FN4O. The van der Waals surface area contributed by atoms with E-state index in [0.717, 1.165) is 33.7 Å². The Bertz CT molecular complexity index is 1310. The first-order valence-corrected chi connectivity index (χ1v) is 9.26. The molecule has 0 fully saturated rings. The number of nitriles is 1. The molecule has 5 nitrogen and oxygen atoms in total. The molecule has 0 atom stereocenters. The van der Waals surface area contributed by atoms with Crippen LogP contribution >= 0.6 is 0 Å². The molecule has 148 valence electrons. The van der Waals surface area contributed by atoms with Gasteiger partial charge in [-0.15, -0.1) is 0 Å². The third-order valence-electron chi connectivity index (χ3n) is 5.14. The summed E-state index contributed by atoms with van der Waals surface area (Å²) in [7, 11) is 1.62. The number of rotatable bonds is 4. The zero-order valence-corrected chi connectivity index (χ0v) is 16.6. The first-order chi connectivity index (χ1) is 14.4. The van der Waals surface area contributed by atoms with Crippen LogP contribution in [0.5, 0.6) is 5.75 Å². The Kier molecular flexibility index (Phi) is 4.72. The van der Waals surface area contributed by atoms with Gasteiger partial charge in [0.2, 0.25) is 0 Å². The Morgan fingerprint density at radius 2 is 1.83 bits per heavy atom. The lowest BCUT2D eigenvalue weighted by Gasteiger charge is -2.11. The van der Waals surface area contributed by atoms with Crippen molar-refractivity contribution in [1.82, 2.24) is 9.61 Å². The summed E-state index contributed by atoms with van der Waals surface area (Å²) < 4.78 is 20.2. The van der Waals surface area contributed by atoms with Crippen LogP contribution in [-0.2, 0) is 0 Å². The Balaban J connectivity index is 1.95. The number of nitrogens with zero attached hydrogens (tertiary/aromatic N) is 3. The minimum atomic E-state index is -0.347. The van der Waals surface area contributed by atoms with Crippen LogP contribution in [0.4, 0.5) is 10.2 Å². The second-order valence-corrected chi connectivity index (χ2v) is 6.90. The van der Waals surface area contributed by atoms with Crippen LogP contribution < -0.4 is 10.5 Å². The van der Waals surface area contributed by atoms with Gasteiger partial charge in [-0.05, 0) is 54.0 Å². The monoisotopic (exact) mass is 398 g/mol. The van der Waals surface area contributed by atoms with Gasteiger partial charge in [0.1, 0.15) is 29.0 Å². The number of anilines is 1. The second kappa shape index (κ2) is 7.37. The van der Waals surface area contributed by atoms with Gasteiger partial charge in [0.15, 0.2) is 0 Å². The fourth-order valence-electron chi connectivity index (χ4n) is 3.60. The summed E-state index contributed by atoms with van der Waals surface area (Å²) in [6.07, 6.45) is 0. The zero-order chi connectivity index (χ0) is 21.4. The highest BCUT2D eigenvalue weighted by atomic mass is 19.1. The van der Waals surface area contributed by atoms with Gasteiger partial charge < -0.3 is 10.5 Å². The summed E-state index contributed by atoms with van der Waals surface area (Å²) in [6, 6.07) is 17.6. The normalized spacial score (nSPS) is 10.7. The van der Waals surface area contributed by atoms with Crippen molar-refractivity contribution in [1.29, 1.82) is 5.26 Å². The molecule has 4 aromatic rings. The standard InChI is InChI=1S/C24H19FN4O/c1-14(16-6-10-19(30-3)11-7-16)23-15(2)28-29-22(23)12-20(21(13-26)24(29)27)17-4-8-18(25)9-5-17/h4-12H,1,27H2,2-3H3. The van der Waals surface area contributed by atoms with Crippen molar-refractivity contribution in [3.63, 3.8) is 0 Å². The summed E-state index contributed by atoms with van der Waals surface area (Å²) in [4.78, 5) is 0. The van der Waals surface area contributed by atoms with Crippen LogP contribution in [0.25, 0.3) is 22.2 Å². The second-order valence-electron chi connectivity index (χ2n) is 6.90. The highest BCUT2D eigenvalue weighted by Gasteiger charge is 2.20. The van der Waals surface area contributed by atoms with Gasteiger partial charge in [0, 0.05) is 11.1 Å². The first kappa shape index (κ1) is 19.2. The van der Waals surface area contributed by atoms with E-state index in [1.807, 2.05) is 37.3 Å². The molecule has 4 rings (SSSR count). The molecule has 0 aliphatic carbocycles. The predicted molar refractivity (Wildman–Crippen MR) is 116 cm³/mol. The Labute approximate surface area is 173 Å². The molecule has 0 unspecified atom stereocenters. The Morgan fingerprint density at radius 1 is 1.17 bits per heavy atom. The van der Waals surface area contributed by atoms with E-state index in [0.29, 0.717) is 16.7 Å². The molecule has 0 aliphatic heterocycles. The van der Waals surface area contributed by atoms with Crippen molar-refractivity contribution in [2.45, 2.75) is 6.92 Å². The van der Waals surface area contributed by atoms with E-state index in [1.165, 1.54) is 12.1 Å². The van der Waals surface area contributed by atoms with Crippen LogP contribution in [0.15, 0.2) is 61.2 Å². The van der Waals surface area contributed by atoms with Crippen molar-refractivity contribution in [2.24, 2.45) is 0 Å². The lowest BCUT2D eigenvalue weighted by atomic mass is 9.95. The summed E-state index contributed by atoms with van der Waals surface area (Å²) >= 11 is 0. The molecule has 2 heterocycles. The van der Waals surface area contributed by atoms with E-state index in [2.05, 4.69) is 17.7 Å². The molecule has 2 N–H and O–H groups in total. The number of hydrogen-bond donors (Lipinski definition) is 1. The lowest BCUT2D eigenvalue weighted by molar-refractivity contribution is 0.415. The molecular weight excluding hydrogens is 379 g/mol. The maximum atomic E-state index is 13.4. The number of nitrogens with two attached hydrogens (primary N) is 1. The molecule has 0 saturated heterocycles. The molecule has 0 bridgehead atoms. The molecule has 0 saturated carbocycles. The van der Waals surface area contributed by atoms with Gasteiger partial charge in [-0.3, -0.25) is 0 Å². The van der Waals surface area contributed by atoms with Crippen molar-refractivity contribution in [3.8, 4) is 22.9 Å². The smallest absolute Gasteiger partial charge is 0.144 e. The number of ether oxygens (including phenoxy) is 1. The SMILES string of the molecule is C=C(c1ccc(OC)cc1)c1c(C)nn2c(N)c(C#N)c(-c3ccc(F)cc3)cc12. The topological polar surface area (TPSA) is 76.3 Å². The fraction of sp³-hybridized carbons (Fsp3) is 0.0833. The van der Waals surface area contributed by atoms with Gasteiger partial charge >= 0.3 is 0 Å². The number of benzene rings is 2. The number of pyridine rings is 1. The first-order valence-electron chi connectivity index (χ1n) is 9.26. The number of aromatic nitrogens is 2. The minimum absolute atomic E-state index is 0.228. The predicted octanol–water partition coefficient (Wildman–Crippen LogP) is 4.97. The third kappa shape index (κ3) is 3.07. The van der Waals surface area contributed by atoms with Crippen molar-refractivity contribution in [3.05, 3.63) is 89.4 Å². The van der Waals surface area contributed by atoms with Crippen LogP contribution in [0.2, 0.25) is 0 Å². The average molecular weight is 398 g/mol. The number of hydrogen-bond acceptors (Lipinski definition) is 4. The van der Waals surface area contributed by atoms with Crippen LogP contribution in [0.1, 0.15) is 22.4 Å². The number of nitrogen functional groups attached to an aromatic ring is 1. The Hall–Kier alpha value is -4.11. The quantitative estimate of drug-likeness (QED) is 0.526. The van der Waals surface area contributed by atoms with Gasteiger partial charge in [-0.25, -0.2) is 8.91 Å². The number of halogens is 1. The molecule has 0 amide bonds. The zero-order valence-electron chi connectivity index (χ0n) is 16.6. The van der Waals surface area contributed by atoms with E-state index < -0.39 is 0 Å². The summed E-state index contributed by atoms with van der Waals surface area (Å²) in [5.41, 5.74) is 11.9.